The van der Waals surface area contributed by atoms with Crippen LogP contribution in [0.15, 0.2) is 24.3 Å². The predicted octanol–water partition coefficient (Wildman–Crippen LogP) is 4.25. The predicted molar refractivity (Wildman–Crippen MR) is 162 cm³/mol. The number of carbonyl (C=O) groups is 4. The molecule has 3 amide bonds. The third-order valence-electron chi connectivity index (χ3n) is 9.70. The van der Waals surface area contributed by atoms with Crippen LogP contribution in [0, 0.1) is 5.92 Å². The van der Waals surface area contributed by atoms with Gasteiger partial charge in [0.15, 0.2) is 5.78 Å². The Labute approximate surface area is 255 Å². The van der Waals surface area contributed by atoms with Crippen LogP contribution in [0.2, 0.25) is 0 Å². The highest BCUT2D eigenvalue weighted by molar-refractivity contribution is 5.98. The number of hydrogen-bond acceptors (Lipinski definition) is 6. The summed E-state index contributed by atoms with van der Waals surface area (Å²) in [6, 6.07) is 5.50. The number of ether oxygens (including phenoxy) is 2. The molecule has 2 N–H and O–H groups in total. The van der Waals surface area contributed by atoms with Crippen molar-refractivity contribution in [1.29, 1.82) is 0 Å². The molecular formula is C34H49N3O6. The molecule has 4 aliphatic heterocycles. The topological polar surface area (TPSA) is 117 Å². The minimum absolute atomic E-state index is 0.00555. The monoisotopic (exact) mass is 595 g/mol. The van der Waals surface area contributed by atoms with Gasteiger partial charge in [-0.25, -0.2) is 0 Å². The van der Waals surface area contributed by atoms with E-state index in [0.717, 1.165) is 75.5 Å². The maximum absolute atomic E-state index is 13.9. The molecular weight excluding hydrogens is 546 g/mol. The van der Waals surface area contributed by atoms with Gasteiger partial charge in [0, 0.05) is 19.4 Å². The van der Waals surface area contributed by atoms with Crippen molar-refractivity contribution in [2.24, 2.45) is 5.92 Å². The van der Waals surface area contributed by atoms with E-state index in [9.17, 15) is 19.2 Å². The minimum Gasteiger partial charge on any atom is -0.494 e. The molecule has 4 heterocycles. The van der Waals surface area contributed by atoms with Gasteiger partial charge >= 0.3 is 0 Å². The summed E-state index contributed by atoms with van der Waals surface area (Å²) in [6.45, 7) is 3.34. The van der Waals surface area contributed by atoms with Gasteiger partial charge in [-0.2, -0.15) is 0 Å². The molecule has 9 heteroatoms. The van der Waals surface area contributed by atoms with E-state index in [4.69, 9.17) is 9.47 Å². The number of benzene rings is 1. The molecule has 6 rings (SSSR count). The highest BCUT2D eigenvalue weighted by Crippen LogP contribution is 2.33. The normalized spacial score (nSPS) is 28.4. The van der Waals surface area contributed by atoms with Crippen LogP contribution in [0.3, 0.4) is 0 Å². The van der Waals surface area contributed by atoms with E-state index < -0.39 is 23.7 Å². The average molecular weight is 596 g/mol. The molecule has 0 aromatic heterocycles. The van der Waals surface area contributed by atoms with Crippen molar-refractivity contribution in [3.05, 3.63) is 29.8 Å². The standard InChI is InChI=1S/C34H49N3O6/c1-34(23-43-34)31(39)27(21-24-11-6-5-7-12-24)35-32(40)28-22-25-15-17-26(18-16-25)42-20-9-4-2-3-8-14-30(38)37-19-10-13-29(37)33(41)36-28/h15-18,24,27-29H,2-14,19-23H2,1H3,(H,35,40)(H,36,41)/t27-,28-,29-,34+/m0/s1. The van der Waals surface area contributed by atoms with Crippen LogP contribution in [0.5, 0.6) is 5.75 Å². The van der Waals surface area contributed by atoms with Crippen LogP contribution in [0.25, 0.3) is 0 Å². The lowest BCUT2D eigenvalue weighted by Gasteiger charge is -2.30. The van der Waals surface area contributed by atoms with Crippen molar-refractivity contribution in [2.75, 3.05) is 19.8 Å². The number of fused-ring (bicyclic) bond motifs is 13. The average Bonchev–Trinajstić information content (AvgIpc) is 3.56. The number of epoxide rings is 1. The molecule has 236 valence electrons. The SMILES string of the molecule is C[C@]1(C(=O)[C@H](CC2CCCCC2)NC(=O)[C@@H]2Cc3ccc(cc3)OCCCCCCCC(=O)N3CCC[C@H]3C(=O)N2)CO1. The molecule has 1 saturated carbocycles. The van der Waals surface area contributed by atoms with Gasteiger partial charge in [0.2, 0.25) is 17.7 Å². The first kappa shape index (κ1) is 31.5. The number of nitrogens with one attached hydrogen (secondary N) is 2. The maximum Gasteiger partial charge on any atom is 0.243 e. The summed E-state index contributed by atoms with van der Waals surface area (Å²) < 4.78 is 11.4. The summed E-state index contributed by atoms with van der Waals surface area (Å²) in [6.07, 6.45) is 13.0. The number of nitrogens with zero attached hydrogens (tertiary/aromatic N) is 1. The minimum atomic E-state index is -0.895. The first-order valence-corrected chi connectivity index (χ1v) is 16.6. The summed E-state index contributed by atoms with van der Waals surface area (Å²) in [5.41, 5.74) is 0.0191. The van der Waals surface area contributed by atoms with E-state index in [1.165, 1.54) is 6.42 Å². The Balaban J connectivity index is 1.35. The zero-order valence-electron chi connectivity index (χ0n) is 25.7. The molecule has 9 nitrogen and oxygen atoms in total. The third-order valence-corrected chi connectivity index (χ3v) is 9.70. The number of Topliss-reactive ketones (excluding diaryl/α,β-unsaturated/α-hetero) is 1. The summed E-state index contributed by atoms with van der Waals surface area (Å²) in [5, 5.41) is 6.04. The van der Waals surface area contributed by atoms with Gasteiger partial charge in [0.25, 0.3) is 0 Å². The van der Waals surface area contributed by atoms with E-state index in [1.54, 1.807) is 11.8 Å². The zero-order valence-corrected chi connectivity index (χ0v) is 25.7. The Morgan fingerprint density at radius 1 is 0.977 bits per heavy atom. The summed E-state index contributed by atoms with van der Waals surface area (Å²) in [4.78, 5) is 55.9. The molecule has 43 heavy (non-hydrogen) atoms. The van der Waals surface area contributed by atoms with E-state index in [0.29, 0.717) is 44.9 Å². The molecule has 0 radical (unpaired) electrons. The lowest BCUT2D eigenvalue weighted by Crippen LogP contribution is -2.57. The molecule has 1 aliphatic carbocycles. The number of ketones is 1. The Bertz CT molecular complexity index is 1130. The van der Waals surface area contributed by atoms with E-state index in [-0.39, 0.29) is 29.9 Å². The smallest absolute Gasteiger partial charge is 0.243 e. The van der Waals surface area contributed by atoms with Crippen molar-refractivity contribution < 1.29 is 28.7 Å². The first-order valence-electron chi connectivity index (χ1n) is 16.6. The van der Waals surface area contributed by atoms with Crippen molar-refractivity contribution in [3.8, 4) is 5.75 Å². The fraction of sp³-hybridized carbons (Fsp3) is 0.706. The summed E-state index contributed by atoms with van der Waals surface area (Å²) >= 11 is 0. The fourth-order valence-electron chi connectivity index (χ4n) is 6.89. The van der Waals surface area contributed by atoms with E-state index in [2.05, 4.69) is 10.6 Å². The van der Waals surface area contributed by atoms with Crippen LogP contribution in [0.4, 0.5) is 0 Å². The lowest BCUT2D eigenvalue weighted by atomic mass is 9.82. The largest absolute Gasteiger partial charge is 0.494 e. The van der Waals surface area contributed by atoms with Crippen LogP contribution in [-0.2, 0) is 30.3 Å². The molecule has 4 atom stereocenters. The van der Waals surface area contributed by atoms with Crippen LogP contribution in [-0.4, -0.2) is 71.9 Å². The van der Waals surface area contributed by atoms with E-state index in [1.807, 2.05) is 24.3 Å². The van der Waals surface area contributed by atoms with Crippen molar-refractivity contribution >= 4 is 23.5 Å². The number of hydrogen-bond donors (Lipinski definition) is 2. The molecule has 0 unspecified atom stereocenters. The second-order valence-corrected chi connectivity index (χ2v) is 13.2. The molecule has 1 aromatic carbocycles. The lowest BCUT2D eigenvalue weighted by molar-refractivity contribution is -0.140. The number of carbonyl (C=O) groups excluding carboxylic acids is 4. The molecule has 2 bridgehead atoms. The second kappa shape index (κ2) is 14.7. The van der Waals surface area contributed by atoms with Crippen LogP contribution >= 0.6 is 0 Å². The van der Waals surface area contributed by atoms with Gasteiger partial charge in [-0.1, -0.05) is 63.5 Å². The third kappa shape index (κ3) is 8.58. The van der Waals surface area contributed by atoms with Crippen molar-refractivity contribution in [3.63, 3.8) is 0 Å². The highest BCUT2D eigenvalue weighted by Gasteiger charge is 2.50. The van der Waals surface area contributed by atoms with Gasteiger partial charge < -0.3 is 25.0 Å². The van der Waals surface area contributed by atoms with Gasteiger partial charge in [0.05, 0.1) is 19.3 Å². The Kier molecular flexibility index (Phi) is 10.8. The highest BCUT2D eigenvalue weighted by atomic mass is 16.6. The van der Waals surface area contributed by atoms with Crippen molar-refractivity contribution in [1.82, 2.24) is 15.5 Å². The summed E-state index contributed by atoms with van der Waals surface area (Å²) in [7, 11) is 0. The van der Waals surface area contributed by atoms with Crippen LogP contribution < -0.4 is 15.4 Å². The van der Waals surface area contributed by atoms with Gasteiger partial charge in [-0.05, 0) is 62.6 Å². The maximum atomic E-state index is 13.9. The van der Waals surface area contributed by atoms with E-state index >= 15 is 0 Å². The number of amides is 3. The second-order valence-electron chi connectivity index (χ2n) is 13.2. The van der Waals surface area contributed by atoms with Gasteiger partial charge in [-0.15, -0.1) is 0 Å². The summed E-state index contributed by atoms with van der Waals surface area (Å²) in [5.74, 6) is 0.369. The molecule has 5 aliphatic rings. The molecule has 1 aromatic rings. The first-order chi connectivity index (χ1) is 20.8. The molecule has 0 spiro atoms. The number of rotatable bonds is 6. The van der Waals surface area contributed by atoms with Crippen molar-refractivity contribution in [2.45, 2.75) is 127 Å². The zero-order chi connectivity index (χ0) is 30.2. The van der Waals surface area contributed by atoms with Gasteiger partial charge in [0.1, 0.15) is 23.4 Å². The quantitative estimate of drug-likeness (QED) is 0.475. The Morgan fingerprint density at radius 3 is 2.42 bits per heavy atom. The fourth-order valence-corrected chi connectivity index (χ4v) is 6.89. The molecule has 2 saturated heterocycles. The Hall–Kier alpha value is -2.94. The van der Waals surface area contributed by atoms with Crippen LogP contribution in [0.1, 0.15) is 102 Å². The molecule has 3 fully saturated rings. The van der Waals surface area contributed by atoms with Gasteiger partial charge in [-0.3, -0.25) is 19.2 Å². The Morgan fingerprint density at radius 2 is 1.67 bits per heavy atom.